The fraction of sp³-hybridized carbons (Fsp3) is 0.714. The summed E-state index contributed by atoms with van der Waals surface area (Å²) in [5.41, 5.74) is 0. The van der Waals surface area contributed by atoms with Crippen LogP contribution in [-0.2, 0) is 9.47 Å². The molecule has 1 unspecified atom stereocenters. The smallest absolute Gasteiger partial charge is 0.143 e. The molecule has 52 valence electrons. The minimum absolute atomic E-state index is 0.0278. The van der Waals surface area contributed by atoms with Crippen LogP contribution in [0.1, 0.15) is 6.42 Å². The summed E-state index contributed by atoms with van der Waals surface area (Å²) in [5, 5.41) is 0. The third kappa shape index (κ3) is 1.34. The van der Waals surface area contributed by atoms with Crippen LogP contribution < -0.4 is 0 Å². The van der Waals surface area contributed by atoms with Gasteiger partial charge in [-0.15, -0.1) is 6.42 Å². The number of hydrogen-bond acceptors (Lipinski definition) is 2. The van der Waals surface area contributed by atoms with Gasteiger partial charge in [0.2, 0.25) is 0 Å². The SMILES string of the molecule is [B][C@H]1CC(OC)[C@@H](C#C)O1. The molecule has 3 atom stereocenters. The van der Waals surface area contributed by atoms with E-state index in [1.54, 1.807) is 7.11 Å². The van der Waals surface area contributed by atoms with E-state index >= 15 is 0 Å². The van der Waals surface area contributed by atoms with Crippen LogP contribution in [0.25, 0.3) is 0 Å². The summed E-state index contributed by atoms with van der Waals surface area (Å²) in [6.07, 6.45) is 5.55. The molecule has 0 N–H and O–H groups in total. The Balaban J connectivity index is 2.51. The molecule has 0 aromatic heterocycles. The zero-order valence-electron chi connectivity index (χ0n) is 5.91. The van der Waals surface area contributed by atoms with E-state index in [2.05, 4.69) is 5.92 Å². The summed E-state index contributed by atoms with van der Waals surface area (Å²) >= 11 is 0. The molecule has 0 aliphatic carbocycles. The number of methoxy groups -OCH3 is 1. The molecule has 2 radical (unpaired) electrons. The van der Waals surface area contributed by atoms with Crippen molar-refractivity contribution < 1.29 is 9.47 Å². The summed E-state index contributed by atoms with van der Waals surface area (Å²) in [7, 11) is 7.08. The highest BCUT2D eigenvalue weighted by Gasteiger charge is 2.30. The molecule has 0 aromatic carbocycles. The highest BCUT2D eigenvalue weighted by molar-refractivity contribution is 6.11. The third-order valence-electron chi connectivity index (χ3n) is 1.59. The summed E-state index contributed by atoms with van der Waals surface area (Å²) in [6.45, 7) is 0. The maximum atomic E-state index is 5.47. The van der Waals surface area contributed by atoms with Crippen molar-refractivity contribution in [1.29, 1.82) is 0 Å². The molecule has 0 amide bonds. The van der Waals surface area contributed by atoms with Crippen LogP contribution in [0.15, 0.2) is 0 Å². The van der Waals surface area contributed by atoms with E-state index in [1.165, 1.54) is 0 Å². The van der Waals surface area contributed by atoms with Crippen molar-refractivity contribution in [2.45, 2.75) is 24.6 Å². The standard InChI is InChI=1S/C7H9BO2/c1-3-5-6(9-2)4-7(8)10-5/h1,5-7H,4H2,2H3/t5-,6?,7-/m1/s1. The predicted molar refractivity (Wildman–Crippen MR) is 38.7 cm³/mol. The van der Waals surface area contributed by atoms with E-state index in [4.69, 9.17) is 23.7 Å². The topological polar surface area (TPSA) is 18.5 Å². The van der Waals surface area contributed by atoms with E-state index in [-0.39, 0.29) is 18.2 Å². The molecule has 1 aliphatic heterocycles. The van der Waals surface area contributed by atoms with Gasteiger partial charge in [0.05, 0.1) is 6.10 Å². The van der Waals surface area contributed by atoms with Gasteiger partial charge in [0, 0.05) is 13.1 Å². The van der Waals surface area contributed by atoms with Gasteiger partial charge in [0.1, 0.15) is 14.0 Å². The van der Waals surface area contributed by atoms with E-state index in [0.717, 1.165) is 0 Å². The summed E-state index contributed by atoms with van der Waals surface area (Å²) in [4.78, 5) is 0. The molecule has 1 fully saturated rings. The second kappa shape index (κ2) is 3.09. The zero-order valence-corrected chi connectivity index (χ0v) is 5.91. The molecular weight excluding hydrogens is 127 g/mol. The molecule has 0 aromatic rings. The third-order valence-corrected chi connectivity index (χ3v) is 1.59. The molecule has 2 nitrogen and oxygen atoms in total. The van der Waals surface area contributed by atoms with E-state index < -0.39 is 0 Å². The molecular formula is C7H9BO2. The van der Waals surface area contributed by atoms with Crippen molar-refractivity contribution in [3.05, 3.63) is 0 Å². The first-order valence-electron chi connectivity index (χ1n) is 3.18. The number of rotatable bonds is 1. The monoisotopic (exact) mass is 136 g/mol. The zero-order chi connectivity index (χ0) is 7.56. The Morgan fingerprint density at radius 3 is 2.90 bits per heavy atom. The Morgan fingerprint density at radius 2 is 2.50 bits per heavy atom. The van der Waals surface area contributed by atoms with Gasteiger partial charge in [0.25, 0.3) is 0 Å². The molecule has 10 heavy (non-hydrogen) atoms. The lowest BCUT2D eigenvalue weighted by Gasteiger charge is -2.09. The lowest BCUT2D eigenvalue weighted by atomic mass is 9.96. The second-order valence-electron chi connectivity index (χ2n) is 2.27. The molecule has 1 heterocycles. The van der Waals surface area contributed by atoms with Crippen LogP contribution in [0.2, 0.25) is 0 Å². The Kier molecular flexibility index (Phi) is 2.36. The van der Waals surface area contributed by atoms with Gasteiger partial charge >= 0.3 is 0 Å². The van der Waals surface area contributed by atoms with Crippen molar-refractivity contribution >= 4 is 7.85 Å². The highest BCUT2D eigenvalue weighted by atomic mass is 16.6. The molecule has 0 spiro atoms. The lowest BCUT2D eigenvalue weighted by Crippen LogP contribution is -2.20. The first kappa shape index (κ1) is 7.65. The average molecular weight is 136 g/mol. The number of ether oxygens (including phenoxy) is 2. The van der Waals surface area contributed by atoms with Crippen LogP contribution in [0.3, 0.4) is 0 Å². The molecule has 1 rings (SSSR count). The van der Waals surface area contributed by atoms with Crippen LogP contribution in [0.5, 0.6) is 0 Å². The van der Waals surface area contributed by atoms with E-state index in [0.29, 0.717) is 6.42 Å². The van der Waals surface area contributed by atoms with Crippen molar-refractivity contribution in [2.75, 3.05) is 7.11 Å². The van der Waals surface area contributed by atoms with Crippen molar-refractivity contribution in [2.24, 2.45) is 0 Å². The maximum absolute atomic E-state index is 5.47. The molecule has 0 bridgehead atoms. The Labute approximate surface area is 62.3 Å². The van der Waals surface area contributed by atoms with Crippen molar-refractivity contribution in [3.63, 3.8) is 0 Å². The molecule has 0 saturated carbocycles. The molecule has 1 aliphatic rings. The second-order valence-corrected chi connectivity index (χ2v) is 2.27. The maximum Gasteiger partial charge on any atom is 0.143 e. The quantitative estimate of drug-likeness (QED) is 0.370. The van der Waals surface area contributed by atoms with Crippen LogP contribution in [0, 0.1) is 12.3 Å². The van der Waals surface area contributed by atoms with Crippen molar-refractivity contribution in [3.8, 4) is 12.3 Å². The van der Waals surface area contributed by atoms with E-state index in [1.807, 2.05) is 0 Å². The number of hydrogen-bond donors (Lipinski definition) is 0. The van der Waals surface area contributed by atoms with Crippen LogP contribution in [-0.4, -0.2) is 33.2 Å². The predicted octanol–water partition coefficient (Wildman–Crippen LogP) is -0.0819. The molecule has 3 heteroatoms. The van der Waals surface area contributed by atoms with Gasteiger partial charge in [-0.25, -0.2) is 0 Å². The summed E-state index contributed by atoms with van der Waals surface area (Å²) in [6, 6.07) is -0.258. The first-order chi connectivity index (χ1) is 4.77. The summed E-state index contributed by atoms with van der Waals surface area (Å²) in [5.74, 6) is 2.47. The van der Waals surface area contributed by atoms with Gasteiger partial charge in [-0.1, -0.05) is 5.92 Å². The van der Waals surface area contributed by atoms with Gasteiger partial charge in [-0.05, 0) is 6.42 Å². The fourth-order valence-electron chi connectivity index (χ4n) is 1.05. The average Bonchev–Trinajstić information content (AvgIpc) is 2.30. The molecule has 1 saturated heterocycles. The van der Waals surface area contributed by atoms with Gasteiger partial charge in [-0.2, -0.15) is 0 Å². The van der Waals surface area contributed by atoms with Gasteiger partial charge in [0.15, 0.2) is 0 Å². The lowest BCUT2D eigenvalue weighted by molar-refractivity contribution is 0.0424. The Morgan fingerprint density at radius 1 is 1.80 bits per heavy atom. The largest absolute Gasteiger partial charge is 0.378 e. The normalized spacial score (nSPS) is 39.4. The van der Waals surface area contributed by atoms with Gasteiger partial charge < -0.3 is 9.47 Å². The van der Waals surface area contributed by atoms with Crippen molar-refractivity contribution in [1.82, 2.24) is 0 Å². The highest BCUT2D eigenvalue weighted by Crippen LogP contribution is 2.19. The van der Waals surface area contributed by atoms with E-state index in [9.17, 15) is 0 Å². The Hall–Kier alpha value is -0.455. The van der Waals surface area contributed by atoms with Crippen LogP contribution in [0.4, 0.5) is 0 Å². The first-order valence-corrected chi connectivity index (χ1v) is 3.18. The minimum atomic E-state index is -0.264. The summed E-state index contributed by atoms with van der Waals surface area (Å²) < 4.78 is 10.2. The number of terminal acetylenes is 1. The Bertz CT molecular complexity index is 152. The fourth-order valence-corrected chi connectivity index (χ4v) is 1.05. The van der Waals surface area contributed by atoms with Crippen LogP contribution >= 0.6 is 0 Å². The minimum Gasteiger partial charge on any atom is -0.378 e. The van der Waals surface area contributed by atoms with Gasteiger partial charge in [-0.3, -0.25) is 0 Å².